The SMILES string of the molecule is CCN(c1ccccn1)c1nccc(CCOc2ccc(NC(=O)Nc3cc(C(C)(C)C)nn3-c3ccc(C)cc3)c3ccccc23)n1. The minimum atomic E-state index is -0.367. The molecule has 244 valence electrons. The molecule has 6 rings (SSSR count). The maximum absolute atomic E-state index is 13.4. The number of fused-ring (bicyclic) bond motifs is 1. The molecule has 10 heteroatoms. The number of urea groups is 1. The van der Waals surface area contributed by atoms with Crippen LogP contribution in [0, 0.1) is 6.92 Å². The molecule has 6 aromatic rings. The van der Waals surface area contributed by atoms with Crippen LogP contribution < -0.4 is 20.3 Å². The average molecular weight is 641 g/mol. The van der Waals surface area contributed by atoms with E-state index in [1.165, 1.54) is 0 Å². The van der Waals surface area contributed by atoms with Crippen LogP contribution in [0.5, 0.6) is 5.75 Å². The smallest absolute Gasteiger partial charge is 0.324 e. The van der Waals surface area contributed by atoms with Crippen LogP contribution in [0.2, 0.25) is 0 Å². The van der Waals surface area contributed by atoms with Gasteiger partial charge in [-0.1, -0.05) is 68.8 Å². The van der Waals surface area contributed by atoms with Gasteiger partial charge in [-0.05, 0) is 56.3 Å². The van der Waals surface area contributed by atoms with Crippen LogP contribution >= 0.6 is 0 Å². The summed E-state index contributed by atoms with van der Waals surface area (Å²) in [6.07, 6.45) is 4.12. The highest BCUT2D eigenvalue weighted by molar-refractivity contribution is 6.07. The van der Waals surface area contributed by atoms with Crippen molar-refractivity contribution in [3.8, 4) is 11.4 Å². The second kappa shape index (κ2) is 13.9. The van der Waals surface area contributed by atoms with Gasteiger partial charge in [-0.25, -0.2) is 24.4 Å². The lowest BCUT2D eigenvalue weighted by Gasteiger charge is -2.20. The van der Waals surface area contributed by atoms with Crippen molar-refractivity contribution >= 4 is 40.1 Å². The summed E-state index contributed by atoms with van der Waals surface area (Å²) >= 11 is 0. The van der Waals surface area contributed by atoms with Crippen LogP contribution in [0.4, 0.5) is 28.1 Å². The Labute approximate surface area is 280 Å². The summed E-state index contributed by atoms with van der Waals surface area (Å²) in [7, 11) is 0. The molecular formula is C38H40N8O2. The number of carbonyl (C=O) groups excluding carboxylic acids is 1. The first-order chi connectivity index (χ1) is 23.2. The van der Waals surface area contributed by atoms with E-state index in [-0.39, 0.29) is 11.4 Å². The summed E-state index contributed by atoms with van der Waals surface area (Å²) in [5, 5.41) is 12.7. The molecule has 48 heavy (non-hydrogen) atoms. The molecule has 3 aromatic heterocycles. The number of nitrogens with zero attached hydrogens (tertiary/aromatic N) is 6. The van der Waals surface area contributed by atoms with Gasteiger partial charge >= 0.3 is 6.03 Å². The molecule has 0 radical (unpaired) electrons. The number of carbonyl (C=O) groups is 1. The van der Waals surface area contributed by atoms with Gasteiger partial charge in [0.25, 0.3) is 0 Å². The Morgan fingerprint density at radius 1 is 0.875 bits per heavy atom. The van der Waals surface area contributed by atoms with Gasteiger partial charge in [0, 0.05) is 53.3 Å². The number of nitrogens with one attached hydrogen (secondary N) is 2. The lowest BCUT2D eigenvalue weighted by molar-refractivity contribution is 0.262. The molecule has 2 amide bonds. The van der Waals surface area contributed by atoms with E-state index in [9.17, 15) is 4.79 Å². The summed E-state index contributed by atoms with van der Waals surface area (Å²) in [6.45, 7) is 11.5. The summed E-state index contributed by atoms with van der Waals surface area (Å²) in [5.41, 5.74) is 4.24. The van der Waals surface area contributed by atoms with E-state index in [4.69, 9.17) is 14.8 Å². The molecule has 3 heterocycles. The van der Waals surface area contributed by atoms with Gasteiger partial charge in [0.15, 0.2) is 0 Å². The summed E-state index contributed by atoms with van der Waals surface area (Å²) in [5.74, 6) is 2.71. The number of anilines is 4. The fraction of sp³-hybridized carbons (Fsp3) is 0.237. The summed E-state index contributed by atoms with van der Waals surface area (Å²) in [6, 6.07) is 28.9. The molecule has 0 spiro atoms. The molecule has 0 aliphatic rings. The number of aryl methyl sites for hydroxylation is 1. The number of hydrogen-bond donors (Lipinski definition) is 2. The molecule has 0 aliphatic heterocycles. The first kappa shape index (κ1) is 32.2. The lowest BCUT2D eigenvalue weighted by atomic mass is 9.92. The lowest BCUT2D eigenvalue weighted by Crippen LogP contribution is -2.21. The number of benzene rings is 3. The third-order valence-corrected chi connectivity index (χ3v) is 7.93. The maximum Gasteiger partial charge on any atom is 0.324 e. The third-order valence-electron chi connectivity index (χ3n) is 7.93. The molecule has 0 fully saturated rings. The molecular weight excluding hydrogens is 600 g/mol. The van der Waals surface area contributed by atoms with Crippen LogP contribution in [-0.2, 0) is 11.8 Å². The van der Waals surface area contributed by atoms with Crippen LogP contribution in [0.15, 0.2) is 103 Å². The minimum absolute atomic E-state index is 0.194. The highest BCUT2D eigenvalue weighted by atomic mass is 16.5. The second-order valence-corrected chi connectivity index (χ2v) is 12.5. The molecule has 10 nitrogen and oxygen atoms in total. The zero-order valence-electron chi connectivity index (χ0n) is 27.9. The monoisotopic (exact) mass is 640 g/mol. The number of amides is 2. The van der Waals surface area contributed by atoms with Gasteiger partial charge in [0.05, 0.1) is 23.7 Å². The van der Waals surface area contributed by atoms with Crippen molar-refractivity contribution in [2.75, 3.05) is 28.7 Å². The highest BCUT2D eigenvalue weighted by Gasteiger charge is 2.22. The van der Waals surface area contributed by atoms with E-state index >= 15 is 0 Å². The number of aromatic nitrogens is 5. The third kappa shape index (κ3) is 7.28. The van der Waals surface area contributed by atoms with Crippen molar-refractivity contribution in [1.82, 2.24) is 24.7 Å². The number of hydrogen-bond acceptors (Lipinski definition) is 7. The Morgan fingerprint density at radius 3 is 2.38 bits per heavy atom. The zero-order valence-corrected chi connectivity index (χ0v) is 27.9. The van der Waals surface area contributed by atoms with Crippen molar-refractivity contribution in [3.05, 3.63) is 120 Å². The first-order valence-corrected chi connectivity index (χ1v) is 16.1. The molecule has 0 atom stereocenters. The fourth-order valence-corrected chi connectivity index (χ4v) is 5.33. The van der Waals surface area contributed by atoms with E-state index < -0.39 is 0 Å². The quantitative estimate of drug-likeness (QED) is 0.155. The molecule has 0 saturated heterocycles. The maximum atomic E-state index is 13.4. The van der Waals surface area contributed by atoms with Gasteiger partial charge < -0.3 is 10.1 Å². The largest absolute Gasteiger partial charge is 0.493 e. The van der Waals surface area contributed by atoms with E-state index in [1.807, 2.05) is 110 Å². The van der Waals surface area contributed by atoms with Crippen LogP contribution in [0.3, 0.4) is 0 Å². The highest BCUT2D eigenvalue weighted by Crippen LogP contribution is 2.32. The molecule has 0 saturated carbocycles. The van der Waals surface area contributed by atoms with Crippen molar-refractivity contribution < 1.29 is 9.53 Å². The van der Waals surface area contributed by atoms with Crippen molar-refractivity contribution in [2.45, 2.75) is 46.5 Å². The number of rotatable bonds is 10. The Bertz CT molecular complexity index is 2020. The first-order valence-electron chi connectivity index (χ1n) is 16.1. The van der Waals surface area contributed by atoms with Crippen molar-refractivity contribution in [2.24, 2.45) is 0 Å². The Kier molecular flexibility index (Phi) is 9.33. The Morgan fingerprint density at radius 2 is 1.65 bits per heavy atom. The van der Waals surface area contributed by atoms with Gasteiger partial charge in [-0.15, -0.1) is 0 Å². The van der Waals surface area contributed by atoms with Gasteiger partial charge in [-0.2, -0.15) is 5.10 Å². The molecule has 3 aromatic carbocycles. The van der Waals surface area contributed by atoms with Crippen molar-refractivity contribution in [1.29, 1.82) is 0 Å². The van der Waals surface area contributed by atoms with Crippen LogP contribution in [0.1, 0.15) is 44.6 Å². The van der Waals surface area contributed by atoms with Crippen molar-refractivity contribution in [3.63, 3.8) is 0 Å². The van der Waals surface area contributed by atoms with Gasteiger partial charge in [0.1, 0.15) is 17.4 Å². The van der Waals surface area contributed by atoms with Gasteiger partial charge in [0.2, 0.25) is 5.95 Å². The Hall–Kier alpha value is -5.77. The molecule has 2 N–H and O–H groups in total. The predicted molar refractivity (Wildman–Crippen MR) is 192 cm³/mol. The van der Waals surface area contributed by atoms with Gasteiger partial charge in [-0.3, -0.25) is 10.2 Å². The zero-order chi connectivity index (χ0) is 33.7. The molecule has 0 unspecified atom stereocenters. The normalized spacial score (nSPS) is 11.4. The van der Waals surface area contributed by atoms with E-state index in [1.54, 1.807) is 17.1 Å². The number of pyridine rings is 1. The topological polar surface area (TPSA) is 110 Å². The summed E-state index contributed by atoms with van der Waals surface area (Å²) < 4.78 is 8.04. The Balaban J connectivity index is 1.16. The standard InChI is InChI=1S/C38H40N8O2/c1-6-45(34-13-9-10-22-39-34)36-40-23-20-27(41-36)21-24-48-32-19-18-31(29-11-7-8-12-30(29)32)42-37(47)43-35-25-33(38(3,4)5)44-46(35)28-16-14-26(2)15-17-28/h7-20,22-23,25H,6,21,24H2,1-5H3,(H2,42,43,47). The van der Waals surface area contributed by atoms with Crippen LogP contribution in [0.25, 0.3) is 16.5 Å². The van der Waals surface area contributed by atoms with E-state index in [0.717, 1.165) is 45.0 Å². The molecule has 0 bridgehead atoms. The summed E-state index contributed by atoms with van der Waals surface area (Å²) in [4.78, 5) is 29.1. The van der Waals surface area contributed by atoms with E-state index in [2.05, 4.69) is 41.4 Å². The second-order valence-electron chi connectivity index (χ2n) is 12.5. The fourth-order valence-electron chi connectivity index (χ4n) is 5.33. The van der Waals surface area contributed by atoms with E-state index in [0.29, 0.717) is 37.0 Å². The minimum Gasteiger partial charge on any atom is -0.493 e. The predicted octanol–water partition coefficient (Wildman–Crippen LogP) is 8.24. The number of ether oxygens (including phenoxy) is 1. The van der Waals surface area contributed by atoms with Crippen LogP contribution in [-0.4, -0.2) is 43.9 Å². The molecule has 0 aliphatic carbocycles. The average Bonchev–Trinajstić information content (AvgIpc) is 3.51.